The minimum Gasteiger partial charge on any atom is -0.382 e. The van der Waals surface area contributed by atoms with Gasteiger partial charge in [-0.2, -0.15) is 10.2 Å². The van der Waals surface area contributed by atoms with Crippen LogP contribution in [0.2, 0.25) is 0 Å². The lowest BCUT2D eigenvalue weighted by atomic mass is 10.1. The number of aromatic amines is 1. The largest absolute Gasteiger partial charge is 0.382 e. The lowest BCUT2D eigenvalue weighted by Gasteiger charge is -2.02. The van der Waals surface area contributed by atoms with E-state index in [1.54, 1.807) is 10.9 Å². The molecule has 2 rings (SSSR count). The maximum Gasteiger partial charge on any atom is 0.149 e. The van der Waals surface area contributed by atoms with Crippen LogP contribution in [-0.2, 0) is 13.5 Å². The number of nitrogens with one attached hydrogen (secondary N) is 1. The third-order valence-corrected chi connectivity index (χ3v) is 2.96. The number of anilines is 1. The van der Waals surface area contributed by atoms with E-state index < -0.39 is 0 Å². The van der Waals surface area contributed by atoms with Crippen LogP contribution in [0.1, 0.15) is 12.5 Å². The zero-order valence-corrected chi connectivity index (χ0v) is 10.2. The smallest absolute Gasteiger partial charge is 0.149 e. The van der Waals surface area contributed by atoms with Gasteiger partial charge in [0.1, 0.15) is 11.5 Å². The van der Waals surface area contributed by atoms with Gasteiger partial charge in [0.15, 0.2) is 0 Å². The number of aromatic nitrogens is 4. The molecule has 6 heteroatoms. The van der Waals surface area contributed by atoms with Gasteiger partial charge in [-0.05, 0) is 22.4 Å². The lowest BCUT2D eigenvalue weighted by molar-refractivity contribution is 0.771. The molecule has 0 bridgehead atoms. The van der Waals surface area contributed by atoms with Crippen LogP contribution in [-0.4, -0.2) is 20.0 Å². The molecular weight excluding hydrogens is 258 g/mol. The highest BCUT2D eigenvalue weighted by atomic mass is 79.9. The van der Waals surface area contributed by atoms with E-state index in [9.17, 15) is 0 Å². The number of halogens is 1. The van der Waals surface area contributed by atoms with Crippen molar-refractivity contribution in [3.63, 3.8) is 0 Å². The number of hydrogen-bond acceptors (Lipinski definition) is 3. The Balaban J connectivity index is 2.63. The maximum absolute atomic E-state index is 5.77. The number of rotatable bonds is 2. The van der Waals surface area contributed by atoms with Crippen molar-refractivity contribution in [3.05, 3.63) is 16.2 Å². The monoisotopic (exact) mass is 269 g/mol. The fraction of sp³-hybridized carbons (Fsp3) is 0.333. The molecule has 5 nitrogen and oxygen atoms in total. The summed E-state index contributed by atoms with van der Waals surface area (Å²) in [5.41, 5.74) is 8.70. The van der Waals surface area contributed by atoms with Crippen LogP contribution in [0.25, 0.3) is 11.4 Å². The first-order chi connectivity index (χ1) is 7.15. The number of nitrogens with two attached hydrogens (primary N) is 1. The lowest BCUT2D eigenvalue weighted by Crippen LogP contribution is -1.97. The minimum absolute atomic E-state index is 0.556. The Morgan fingerprint density at radius 2 is 2.33 bits per heavy atom. The van der Waals surface area contributed by atoms with Gasteiger partial charge < -0.3 is 5.73 Å². The van der Waals surface area contributed by atoms with Crippen LogP contribution >= 0.6 is 15.9 Å². The van der Waals surface area contributed by atoms with E-state index in [1.165, 1.54) is 0 Å². The van der Waals surface area contributed by atoms with E-state index >= 15 is 0 Å². The highest BCUT2D eigenvalue weighted by Crippen LogP contribution is 2.30. The second kappa shape index (κ2) is 3.69. The second-order valence-electron chi connectivity index (χ2n) is 3.28. The molecule has 0 amide bonds. The van der Waals surface area contributed by atoms with Crippen LogP contribution in [0, 0.1) is 0 Å². The van der Waals surface area contributed by atoms with Crippen LogP contribution in [0.4, 0.5) is 5.82 Å². The molecule has 0 aromatic carbocycles. The van der Waals surface area contributed by atoms with Crippen LogP contribution < -0.4 is 5.73 Å². The highest BCUT2D eigenvalue weighted by molar-refractivity contribution is 9.10. The van der Waals surface area contributed by atoms with E-state index in [0.717, 1.165) is 27.8 Å². The molecule has 2 heterocycles. The Bertz CT molecular complexity index is 465. The molecule has 0 unspecified atom stereocenters. The van der Waals surface area contributed by atoms with Crippen molar-refractivity contribution >= 4 is 21.7 Å². The summed E-state index contributed by atoms with van der Waals surface area (Å²) in [5.74, 6) is 0.556. The number of nitrogens with zero attached hydrogens (tertiary/aromatic N) is 3. The molecule has 0 spiro atoms. The van der Waals surface area contributed by atoms with Gasteiger partial charge in [-0.25, -0.2) is 0 Å². The molecule has 2 aromatic rings. The summed E-state index contributed by atoms with van der Waals surface area (Å²) < 4.78 is 2.72. The summed E-state index contributed by atoms with van der Waals surface area (Å²) in [6.45, 7) is 2.05. The zero-order chi connectivity index (χ0) is 11.0. The number of hydrogen-bond donors (Lipinski definition) is 2. The van der Waals surface area contributed by atoms with Crippen LogP contribution in [0.5, 0.6) is 0 Å². The Morgan fingerprint density at radius 3 is 2.87 bits per heavy atom. The summed E-state index contributed by atoms with van der Waals surface area (Å²) in [6, 6.07) is 0. The second-order valence-corrected chi connectivity index (χ2v) is 4.14. The Kier molecular flexibility index (Phi) is 2.52. The van der Waals surface area contributed by atoms with Crippen LogP contribution in [0.3, 0.4) is 0 Å². The van der Waals surface area contributed by atoms with Gasteiger partial charge in [0.25, 0.3) is 0 Å². The third-order valence-electron chi connectivity index (χ3n) is 2.38. The molecule has 0 fully saturated rings. The van der Waals surface area contributed by atoms with Gasteiger partial charge in [0, 0.05) is 12.6 Å². The van der Waals surface area contributed by atoms with Crippen molar-refractivity contribution in [1.29, 1.82) is 0 Å². The molecule has 0 saturated heterocycles. The molecule has 0 atom stereocenters. The van der Waals surface area contributed by atoms with Gasteiger partial charge >= 0.3 is 0 Å². The topological polar surface area (TPSA) is 72.5 Å². The molecule has 15 heavy (non-hydrogen) atoms. The SMILES string of the molecule is CCc1c(N)n[nH]c1-c1c(Br)cnn1C. The van der Waals surface area contributed by atoms with Crippen molar-refractivity contribution in [2.24, 2.45) is 7.05 Å². The van der Waals surface area contributed by atoms with Gasteiger partial charge in [0.05, 0.1) is 16.4 Å². The number of aryl methyl sites for hydroxylation is 1. The van der Waals surface area contributed by atoms with Gasteiger partial charge in [0.2, 0.25) is 0 Å². The maximum atomic E-state index is 5.77. The van der Waals surface area contributed by atoms with Crippen molar-refractivity contribution in [2.75, 3.05) is 5.73 Å². The van der Waals surface area contributed by atoms with Crippen molar-refractivity contribution in [2.45, 2.75) is 13.3 Å². The Labute approximate surface area is 95.8 Å². The fourth-order valence-corrected chi connectivity index (χ4v) is 2.17. The average Bonchev–Trinajstić information content (AvgIpc) is 2.71. The van der Waals surface area contributed by atoms with Crippen molar-refractivity contribution in [3.8, 4) is 11.4 Å². The van der Waals surface area contributed by atoms with E-state index in [4.69, 9.17) is 5.73 Å². The zero-order valence-electron chi connectivity index (χ0n) is 8.58. The standard InChI is InChI=1S/C9H12BrN5/c1-3-5-7(13-14-9(5)11)8-6(10)4-12-15(8)2/h4H,3H2,1-2H3,(H3,11,13,14). The summed E-state index contributed by atoms with van der Waals surface area (Å²) >= 11 is 3.45. The summed E-state index contributed by atoms with van der Waals surface area (Å²) in [7, 11) is 1.89. The van der Waals surface area contributed by atoms with Gasteiger partial charge in [-0.1, -0.05) is 6.92 Å². The van der Waals surface area contributed by atoms with E-state index in [0.29, 0.717) is 5.82 Å². The number of nitrogen functional groups attached to an aromatic ring is 1. The van der Waals surface area contributed by atoms with E-state index in [1.807, 2.05) is 7.05 Å². The first-order valence-electron chi connectivity index (χ1n) is 4.65. The minimum atomic E-state index is 0.556. The molecule has 2 aromatic heterocycles. The molecule has 0 aliphatic rings. The highest BCUT2D eigenvalue weighted by Gasteiger charge is 2.16. The molecule has 0 aliphatic heterocycles. The normalized spacial score (nSPS) is 10.9. The molecule has 0 aliphatic carbocycles. The Morgan fingerprint density at radius 1 is 1.60 bits per heavy atom. The molecule has 3 N–H and O–H groups in total. The Hall–Kier alpha value is -1.30. The summed E-state index contributed by atoms with van der Waals surface area (Å²) in [6.07, 6.45) is 2.60. The van der Waals surface area contributed by atoms with Gasteiger partial charge in [-0.15, -0.1) is 0 Å². The molecule has 0 radical (unpaired) electrons. The van der Waals surface area contributed by atoms with Gasteiger partial charge in [-0.3, -0.25) is 9.78 Å². The first kappa shape index (κ1) is 10.2. The van der Waals surface area contributed by atoms with E-state index in [-0.39, 0.29) is 0 Å². The number of H-pyrrole nitrogens is 1. The summed E-state index contributed by atoms with van der Waals surface area (Å²) in [5, 5.41) is 11.1. The summed E-state index contributed by atoms with van der Waals surface area (Å²) in [4.78, 5) is 0. The molecule has 0 saturated carbocycles. The predicted molar refractivity (Wildman–Crippen MR) is 62.3 cm³/mol. The first-order valence-corrected chi connectivity index (χ1v) is 5.45. The molecular formula is C9H12BrN5. The van der Waals surface area contributed by atoms with E-state index in [2.05, 4.69) is 38.1 Å². The predicted octanol–water partition coefficient (Wildman–Crippen LogP) is 1.72. The van der Waals surface area contributed by atoms with Crippen molar-refractivity contribution in [1.82, 2.24) is 20.0 Å². The molecule has 80 valence electrons. The fourth-order valence-electron chi connectivity index (χ4n) is 1.62. The third kappa shape index (κ3) is 1.54. The average molecular weight is 270 g/mol. The van der Waals surface area contributed by atoms with Crippen molar-refractivity contribution < 1.29 is 0 Å². The van der Waals surface area contributed by atoms with Crippen LogP contribution in [0.15, 0.2) is 10.7 Å². The quantitative estimate of drug-likeness (QED) is 0.872.